The van der Waals surface area contributed by atoms with E-state index in [2.05, 4.69) is 0 Å². The molecule has 1 rings (SSSR count). The fourth-order valence-electron chi connectivity index (χ4n) is 1.56. The molecule has 0 radical (unpaired) electrons. The van der Waals surface area contributed by atoms with Crippen molar-refractivity contribution in [1.29, 1.82) is 0 Å². The summed E-state index contributed by atoms with van der Waals surface area (Å²) in [6, 6.07) is 6.36. The van der Waals surface area contributed by atoms with Gasteiger partial charge in [-0.1, -0.05) is 12.1 Å². The predicted molar refractivity (Wildman–Crippen MR) is 68.8 cm³/mol. The van der Waals surface area contributed by atoms with Crippen molar-refractivity contribution in [3.05, 3.63) is 35.6 Å². The van der Waals surface area contributed by atoms with Crippen LogP contribution in [0.3, 0.4) is 0 Å². The minimum atomic E-state index is -0.780. The summed E-state index contributed by atoms with van der Waals surface area (Å²) < 4.78 is 12.7. The maximum absolute atomic E-state index is 12.7. The fraction of sp³-hybridized carbons (Fsp3) is 0.500. The van der Waals surface area contributed by atoms with Gasteiger partial charge in [0.15, 0.2) is 0 Å². The Morgan fingerprint density at radius 3 is 2.39 bits per heavy atom. The smallest absolute Gasteiger partial charge is 0.309 e. The van der Waals surface area contributed by atoms with Gasteiger partial charge in [0.1, 0.15) is 5.82 Å². The number of rotatable bonds is 6. The van der Waals surface area contributed by atoms with Crippen molar-refractivity contribution in [2.45, 2.75) is 26.8 Å². The highest BCUT2D eigenvalue weighted by Crippen LogP contribution is 2.20. The Bertz CT molecular complexity index is 401. The quantitative estimate of drug-likeness (QED) is 0.847. The van der Waals surface area contributed by atoms with E-state index in [-0.39, 0.29) is 5.82 Å². The molecule has 0 fully saturated rings. The molecular formula is C14H20FNO2. The Morgan fingerprint density at radius 2 is 1.89 bits per heavy atom. The topological polar surface area (TPSA) is 40.5 Å². The lowest BCUT2D eigenvalue weighted by Crippen LogP contribution is -2.30. The molecule has 1 aromatic carbocycles. The normalized spacial score (nSPS) is 11.8. The zero-order valence-electron chi connectivity index (χ0n) is 11.1. The van der Waals surface area contributed by atoms with Crippen molar-refractivity contribution in [2.75, 3.05) is 13.6 Å². The molecular weight excluding hydrogens is 233 g/mol. The first-order valence-corrected chi connectivity index (χ1v) is 5.97. The van der Waals surface area contributed by atoms with E-state index >= 15 is 0 Å². The standard InChI is InChI=1S/C14H20FNO2/c1-14(2,13(17)18)8-9-16(3)10-11-4-6-12(15)7-5-11/h4-7H,8-10H2,1-3H3,(H,17,18). The monoisotopic (exact) mass is 253 g/mol. The molecule has 0 heterocycles. The van der Waals surface area contributed by atoms with Crippen LogP contribution < -0.4 is 0 Å². The molecule has 100 valence electrons. The number of carboxylic acids is 1. The molecule has 0 aliphatic carbocycles. The van der Waals surface area contributed by atoms with Gasteiger partial charge < -0.3 is 10.0 Å². The SMILES string of the molecule is CN(CCC(C)(C)C(=O)O)Cc1ccc(F)cc1. The van der Waals surface area contributed by atoms with Crippen molar-refractivity contribution in [2.24, 2.45) is 5.41 Å². The van der Waals surface area contributed by atoms with E-state index in [1.54, 1.807) is 26.0 Å². The summed E-state index contributed by atoms with van der Waals surface area (Å²) in [7, 11) is 1.93. The van der Waals surface area contributed by atoms with Gasteiger partial charge in [-0.25, -0.2) is 4.39 Å². The number of carboxylic acid groups (broad SMARTS) is 1. The van der Waals surface area contributed by atoms with E-state index in [0.29, 0.717) is 19.5 Å². The first-order chi connectivity index (χ1) is 8.31. The lowest BCUT2D eigenvalue weighted by Gasteiger charge is -2.23. The molecule has 1 N–H and O–H groups in total. The number of carbonyl (C=O) groups is 1. The summed E-state index contributed by atoms with van der Waals surface area (Å²) in [5.41, 5.74) is 0.309. The van der Waals surface area contributed by atoms with Gasteiger partial charge in [0, 0.05) is 6.54 Å². The molecule has 0 bridgehead atoms. The van der Waals surface area contributed by atoms with Gasteiger partial charge >= 0.3 is 5.97 Å². The lowest BCUT2D eigenvalue weighted by molar-refractivity contribution is -0.147. The summed E-state index contributed by atoms with van der Waals surface area (Å²) in [6.07, 6.45) is 0.583. The number of halogens is 1. The average molecular weight is 253 g/mol. The van der Waals surface area contributed by atoms with E-state index < -0.39 is 11.4 Å². The summed E-state index contributed by atoms with van der Waals surface area (Å²) in [5, 5.41) is 9.01. The van der Waals surface area contributed by atoms with Gasteiger partial charge in [-0.3, -0.25) is 4.79 Å². The Morgan fingerprint density at radius 1 is 1.33 bits per heavy atom. The second-order valence-corrected chi connectivity index (χ2v) is 5.30. The van der Waals surface area contributed by atoms with Crippen LogP contribution in [-0.2, 0) is 11.3 Å². The molecule has 0 amide bonds. The summed E-state index contributed by atoms with van der Waals surface area (Å²) in [6.45, 7) is 4.83. The van der Waals surface area contributed by atoms with Crippen molar-refractivity contribution in [1.82, 2.24) is 4.90 Å². The van der Waals surface area contributed by atoms with Crippen LogP contribution in [0.4, 0.5) is 4.39 Å². The van der Waals surface area contributed by atoms with Crippen molar-refractivity contribution in [3.8, 4) is 0 Å². The number of hydrogen-bond donors (Lipinski definition) is 1. The zero-order chi connectivity index (χ0) is 13.8. The van der Waals surface area contributed by atoms with Crippen LogP contribution in [0.15, 0.2) is 24.3 Å². The van der Waals surface area contributed by atoms with Crippen LogP contribution in [0.1, 0.15) is 25.8 Å². The second kappa shape index (κ2) is 5.96. The van der Waals surface area contributed by atoms with Crippen LogP contribution in [-0.4, -0.2) is 29.6 Å². The van der Waals surface area contributed by atoms with E-state index in [9.17, 15) is 9.18 Å². The van der Waals surface area contributed by atoms with Gasteiger partial charge in [0.2, 0.25) is 0 Å². The molecule has 0 spiro atoms. The van der Waals surface area contributed by atoms with Gasteiger partial charge in [0.05, 0.1) is 5.41 Å². The highest BCUT2D eigenvalue weighted by molar-refractivity contribution is 5.73. The molecule has 0 saturated carbocycles. The van der Waals surface area contributed by atoms with Crippen molar-refractivity contribution >= 4 is 5.97 Å². The zero-order valence-corrected chi connectivity index (χ0v) is 11.1. The number of hydrogen-bond acceptors (Lipinski definition) is 2. The Hall–Kier alpha value is -1.42. The Kier molecular flexibility index (Phi) is 4.84. The third-order valence-corrected chi connectivity index (χ3v) is 3.06. The first kappa shape index (κ1) is 14.6. The van der Waals surface area contributed by atoms with E-state index in [4.69, 9.17) is 5.11 Å². The molecule has 1 aromatic rings. The van der Waals surface area contributed by atoms with E-state index in [1.807, 2.05) is 11.9 Å². The summed E-state index contributed by atoms with van der Waals surface area (Å²) in [4.78, 5) is 13.0. The first-order valence-electron chi connectivity index (χ1n) is 5.97. The highest BCUT2D eigenvalue weighted by Gasteiger charge is 2.26. The van der Waals surface area contributed by atoms with Crippen LogP contribution in [0.2, 0.25) is 0 Å². The fourth-order valence-corrected chi connectivity index (χ4v) is 1.56. The lowest BCUT2D eigenvalue weighted by atomic mass is 9.89. The third kappa shape index (κ3) is 4.45. The maximum atomic E-state index is 12.7. The van der Waals surface area contributed by atoms with E-state index in [0.717, 1.165) is 5.56 Å². The van der Waals surface area contributed by atoms with Crippen LogP contribution in [0.25, 0.3) is 0 Å². The molecule has 0 aliphatic heterocycles. The molecule has 3 nitrogen and oxygen atoms in total. The molecule has 0 aromatic heterocycles. The minimum absolute atomic E-state index is 0.242. The Labute approximate surface area is 107 Å². The largest absolute Gasteiger partial charge is 0.481 e. The molecule has 0 aliphatic rings. The molecule has 0 unspecified atom stereocenters. The number of nitrogens with zero attached hydrogens (tertiary/aromatic N) is 1. The second-order valence-electron chi connectivity index (χ2n) is 5.30. The summed E-state index contributed by atoms with van der Waals surface area (Å²) >= 11 is 0. The number of benzene rings is 1. The third-order valence-electron chi connectivity index (χ3n) is 3.06. The van der Waals surface area contributed by atoms with Gasteiger partial charge in [-0.05, 0) is 51.6 Å². The van der Waals surface area contributed by atoms with Gasteiger partial charge in [-0.15, -0.1) is 0 Å². The Balaban J connectivity index is 2.45. The molecule has 4 heteroatoms. The number of aliphatic carboxylic acids is 1. The van der Waals surface area contributed by atoms with Gasteiger partial charge in [-0.2, -0.15) is 0 Å². The molecule has 0 saturated heterocycles. The van der Waals surface area contributed by atoms with Gasteiger partial charge in [0.25, 0.3) is 0 Å². The van der Waals surface area contributed by atoms with Crippen LogP contribution in [0.5, 0.6) is 0 Å². The molecule has 18 heavy (non-hydrogen) atoms. The van der Waals surface area contributed by atoms with Crippen LogP contribution >= 0.6 is 0 Å². The maximum Gasteiger partial charge on any atom is 0.309 e. The van der Waals surface area contributed by atoms with Crippen molar-refractivity contribution < 1.29 is 14.3 Å². The van der Waals surface area contributed by atoms with E-state index in [1.165, 1.54) is 12.1 Å². The minimum Gasteiger partial charge on any atom is -0.481 e. The average Bonchev–Trinajstić information content (AvgIpc) is 2.29. The summed E-state index contributed by atoms with van der Waals surface area (Å²) in [5.74, 6) is -1.02. The van der Waals surface area contributed by atoms with Crippen molar-refractivity contribution in [3.63, 3.8) is 0 Å². The van der Waals surface area contributed by atoms with Crippen LogP contribution in [0, 0.1) is 11.2 Å². The predicted octanol–water partition coefficient (Wildman–Crippen LogP) is 2.76. The highest BCUT2D eigenvalue weighted by atomic mass is 19.1. The molecule has 0 atom stereocenters.